The number of amides is 2. The smallest absolute Gasteiger partial charge is 0.262 e. The Balaban J connectivity index is 1.80. The molecule has 0 bridgehead atoms. The SMILES string of the molecule is O=C1COc2ccc(C(=O)Nc3ccc(F)cc3)cc2N1. The van der Waals surface area contributed by atoms with E-state index in [4.69, 9.17) is 4.74 Å². The Kier molecular flexibility index (Phi) is 3.27. The number of halogens is 1. The van der Waals surface area contributed by atoms with Gasteiger partial charge in [0, 0.05) is 11.3 Å². The molecule has 2 aromatic rings. The molecule has 0 spiro atoms. The fourth-order valence-corrected chi connectivity index (χ4v) is 1.96. The summed E-state index contributed by atoms with van der Waals surface area (Å²) in [6, 6.07) is 10.2. The van der Waals surface area contributed by atoms with Gasteiger partial charge in [-0.3, -0.25) is 9.59 Å². The normalized spacial score (nSPS) is 12.9. The molecule has 2 N–H and O–H groups in total. The van der Waals surface area contributed by atoms with Gasteiger partial charge in [0.1, 0.15) is 11.6 Å². The maximum absolute atomic E-state index is 12.8. The van der Waals surface area contributed by atoms with E-state index in [1.54, 1.807) is 12.1 Å². The number of ether oxygens (including phenoxy) is 1. The standard InChI is InChI=1S/C15H11FN2O3/c16-10-2-4-11(5-3-10)17-15(20)9-1-6-13-12(7-9)18-14(19)8-21-13/h1-7H,8H2,(H,17,20)(H,18,19). The summed E-state index contributed by atoms with van der Waals surface area (Å²) in [5, 5.41) is 5.28. The topological polar surface area (TPSA) is 67.4 Å². The number of nitrogens with one attached hydrogen (secondary N) is 2. The molecule has 0 saturated carbocycles. The van der Waals surface area contributed by atoms with E-state index in [0.717, 1.165) is 0 Å². The van der Waals surface area contributed by atoms with E-state index in [0.29, 0.717) is 22.7 Å². The molecule has 1 aliphatic heterocycles. The van der Waals surface area contributed by atoms with Crippen LogP contribution in [0.5, 0.6) is 5.75 Å². The van der Waals surface area contributed by atoms with Crippen LogP contribution in [0.3, 0.4) is 0 Å². The van der Waals surface area contributed by atoms with E-state index >= 15 is 0 Å². The minimum atomic E-state index is -0.373. The zero-order valence-corrected chi connectivity index (χ0v) is 10.9. The van der Waals surface area contributed by atoms with Crippen molar-refractivity contribution in [2.75, 3.05) is 17.2 Å². The van der Waals surface area contributed by atoms with E-state index in [-0.39, 0.29) is 24.2 Å². The zero-order chi connectivity index (χ0) is 14.8. The van der Waals surface area contributed by atoms with Crippen molar-refractivity contribution in [3.05, 3.63) is 53.8 Å². The predicted molar refractivity (Wildman–Crippen MR) is 74.9 cm³/mol. The third kappa shape index (κ3) is 2.84. The highest BCUT2D eigenvalue weighted by Gasteiger charge is 2.17. The molecule has 0 aromatic heterocycles. The van der Waals surface area contributed by atoms with Gasteiger partial charge in [-0.1, -0.05) is 0 Å². The van der Waals surface area contributed by atoms with Crippen molar-refractivity contribution in [3.8, 4) is 5.75 Å². The van der Waals surface area contributed by atoms with Crippen LogP contribution in [0.15, 0.2) is 42.5 Å². The van der Waals surface area contributed by atoms with E-state index in [1.807, 2.05) is 0 Å². The van der Waals surface area contributed by atoms with E-state index < -0.39 is 0 Å². The van der Waals surface area contributed by atoms with Crippen molar-refractivity contribution in [3.63, 3.8) is 0 Å². The van der Waals surface area contributed by atoms with Crippen molar-refractivity contribution < 1.29 is 18.7 Å². The maximum atomic E-state index is 12.8. The lowest BCUT2D eigenvalue weighted by Gasteiger charge is -2.18. The van der Waals surface area contributed by atoms with Gasteiger partial charge in [-0.15, -0.1) is 0 Å². The van der Waals surface area contributed by atoms with Crippen LogP contribution in [0.4, 0.5) is 15.8 Å². The molecule has 106 valence electrons. The largest absolute Gasteiger partial charge is 0.482 e. The summed E-state index contributed by atoms with van der Waals surface area (Å²) < 4.78 is 18.0. The third-order valence-electron chi connectivity index (χ3n) is 2.98. The number of hydrogen-bond donors (Lipinski definition) is 2. The van der Waals surface area contributed by atoms with E-state index in [2.05, 4.69) is 10.6 Å². The fraction of sp³-hybridized carbons (Fsp3) is 0.0667. The number of fused-ring (bicyclic) bond motifs is 1. The van der Waals surface area contributed by atoms with Gasteiger partial charge in [-0.2, -0.15) is 0 Å². The van der Waals surface area contributed by atoms with Crippen LogP contribution in [0.25, 0.3) is 0 Å². The Morgan fingerprint density at radius 3 is 2.71 bits per heavy atom. The van der Waals surface area contributed by atoms with Crippen LogP contribution >= 0.6 is 0 Å². The van der Waals surface area contributed by atoms with Crippen LogP contribution in [-0.4, -0.2) is 18.4 Å². The first-order valence-electron chi connectivity index (χ1n) is 6.25. The number of hydrogen-bond acceptors (Lipinski definition) is 3. The zero-order valence-electron chi connectivity index (χ0n) is 10.9. The fourth-order valence-electron chi connectivity index (χ4n) is 1.96. The lowest BCUT2D eigenvalue weighted by Crippen LogP contribution is -2.25. The molecular formula is C15H11FN2O3. The molecule has 21 heavy (non-hydrogen) atoms. The van der Waals surface area contributed by atoms with Gasteiger partial charge in [0.05, 0.1) is 5.69 Å². The minimum Gasteiger partial charge on any atom is -0.482 e. The molecule has 2 amide bonds. The Labute approximate surface area is 119 Å². The van der Waals surface area contributed by atoms with Crippen molar-refractivity contribution in [2.24, 2.45) is 0 Å². The number of carbonyl (C=O) groups is 2. The monoisotopic (exact) mass is 286 g/mol. The second kappa shape index (κ2) is 5.24. The molecule has 0 radical (unpaired) electrons. The number of rotatable bonds is 2. The summed E-state index contributed by atoms with van der Waals surface area (Å²) in [5.74, 6) is -0.475. The molecule has 0 atom stereocenters. The quantitative estimate of drug-likeness (QED) is 0.891. The van der Waals surface area contributed by atoms with Gasteiger partial charge in [0.25, 0.3) is 11.8 Å². The van der Waals surface area contributed by atoms with Crippen molar-refractivity contribution in [2.45, 2.75) is 0 Å². The molecule has 0 saturated heterocycles. The first-order valence-corrected chi connectivity index (χ1v) is 6.25. The van der Waals surface area contributed by atoms with Crippen molar-refractivity contribution in [1.82, 2.24) is 0 Å². The van der Waals surface area contributed by atoms with Gasteiger partial charge < -0.3 is 15.4 Å². The Morgan fingerprint density at radius 2 is 1.95 bits per heavy atom. The Hall–Kier alpha value is -2.89. The number of anilines is 2. The van der Waals surface area contributed by atoms with Gasteiger partial charge in [0.15, 0.2) is 6.61 Å². The molecule has 2 aromatic carbocycles. The molecular weight excluding hydrogens is 275 g/mol. The van der Waals surface area contributed by atoms with Crippen LogP contribution < -0.4 is 15.4 Å². The van der Waals surface area contributed by atoms with Crippen LogP contribution in [0, 0.1) is 5.82 Å². The van der Waals surface area contributed by atoms with Gasteiger partial charge in [0.2, 0.25) is 0 Å². The second-order valence-electron chi connectivity index (χ2n) is 4.51. The molecule has 6 heteroatoms. The molecule has 5 nitrogen and oxygen atoms in total. The molecule has 3 rings (SSSR count). The molecule has 0 fully saturated rings. The summed E-state index contributed by atoms with van der Waals surface area (Å²) in [7, 11) is 0. The predicted octanol–water partition coefficient (Wildman–Crippen LogP) is 2.41. The van der Waals surface area contributed by atoms with Crippen molar-refractivity contribution >= 4 is 23.2 Å². The Morgan fingerprint density at radius 1 is 1.19 bits per heavy atom. The first kappa shape index (κ1) is 13.1. The van der Waals surface area contributed by atoms with Crippen LogP contribution in [0.1, 0.15) is 10.4 Å². The average molecular weight is 286 g/mol. The highest BCUT2D eigenvalue weighted by molar-refractivity contribution is 6.06. The van der Waals surface area contributed by atoms with E-state index in [1.165, 1.54) is 30.3 Å². The van der Waals surface area contributed by atoms with Gasteiger partial charge >= 0.3 is 0 Å². The highest BCUT2D eigenvalue weighted by atomic mass is 19.1. The second-order valence-corrected chi connectivity index (χ2v) is 4.51. The maximum Gasteiger partial charge on any atom is 0.262 e. The lowest BCUT2D eigenvalue weighted by molar-refractivity contribution is -0.118. The summed E-state index contributed by atoms with van der Waals surface area (Å²) in [5.41, 5.74) is 1.31. The van der Waals surface area contributed by atoms with Crippen LogP contribution in [-0.2, 0) is 4.79 Å². The Bertz CT molecular complexity index is 713. The number of carbonyl (C=O) groups excluding carboxylic acids is 2. The minimum absolute atomic E-state index is 0.0336. The van der Waals surface area contributed by atoms with Crippen molar-refractivity contribution in [1.29, 1.82) is 0 Å². The summed E-state index contributed by atoms with van der Waals surface area (Å²) in [4.78, 5) is 23.4. The first-order chi connectivity index (χ1) is 10.1. The summed E-state index contributed by atoms with van der Waals surface area (Å²) in [6.45, 7) is -0.0336. The average Bonchev–Trinajstić information content (AvgIpc) is 2.48. The van der Waals surface area contributed by atoms with Crippen LogP contribution in [0.2, 0.25) is 0 Å². The number of benzene rings is 2. The van der Waals surface area contributed by atoms with E-state index in [9.17, 15) is 14.0 Å². The molecule has 1 heterocycles. The van der Waals surface area contributed by atoms with Gasteiger partial charge in [-0.25, -0.2) is 4.39 Å². The summed E-state index contributed by atoms with van der Waals surface area (Å²) >= 11 is 0. The molecule has 0 aliphatic carbocycles. The molecule has 1 aliphatic rings. The molecule has 0 unspecified atom stereocenters. The lowest BCUT2D eigenvalue weighted by atomic mass is 10.1. The third-order valence-corrected chi connectivity index (χ3v) is 2.98. The summed E-state index contributed by atoms with van der Waals surface area (Å²) in [6.07, 6.45) is 0. The van der Waals surface area contributed by atoms with Gasteiger partial charge in [-0.05, 0) is 42.5 Å². The highest BCUT2D eigenvalue weighted by Crippen LogP contribution is 2.28.